The maximum Gasteiger partial charge on any atom is 0.315 e. The van der Waals surface area contributed by atoms with Gasteiger partial charge in [0.25, 0.3) is 0 Å². The maximum absolute atomic E-state index is 11.4. The standard InChI is InChI=1S/C12H23N3O4/c1-7(2)14-12(17)13-3-10-11(16)9(6-19-10)15-8-4-18-5-8/h7-11,15-16H,3-6H2,1-2H3,(H2,13,14,17)/t9-,10-,11+/m1/s1. The molecule has 2 fully saturated rings. The summed E-state index contributed by atoms with van der Waals surface area (Å²) >= 11 is 0. The van der Waals surface area contributed by atoms with E-state index in [0.717, 1.165) is 0 Å². The van der Waals surface area contributed by atoms with E-state index in [0.29, 0.717) is 32.4 Å². The van der Waals surface area contributed by atoms with E-state index < -0.39 is 6.10 Å². The third-order valence-electron chi connectivity index (χ3n) is 3.25. The zero-order valence-electron chi connectivity index (χ0n) is 11.4. The molecule has 0 aromatic carbocycles. The Morgan fingerprint density at radius 1 is 1.37 bits per heavy atom. The highest BCUT2D eigenvalue weighted by Gasteiger charge is 2.37. The lowest BCUT2D eigenvalue weighted by molar-refractivity contribution is -0.0165. The van der Waals surface area contributed by atoms with Crippen LogP contribution in [0.5, 0.6) is 0 Å². The van der Waals surface area contributed by atoms with Gasteiger partial charge in [-0.05, 0) is 13.8 Å². The van der Waals surface area contributed by atoms with Crippen molar-refractivity contribution in [1.29, 1.82) is 0 Å². The van der Waals surface area contributed by atoms with Gasteiger partial charge in [0.1, 0.15) is 6.10 Å². The minimum absolute atomic E-state index is 0.0856. The number of carbonyl (C=O) groups excluding carboxylic acids is 1. The fraction of sp³-hybridized carbons (Fsp3) is 0.917. The van der Waals surface area contributed by atoms with Crippen LogP contribution in [-0.4, -0.2) is 67.8 Å². The first-order valence-electron chi connectivity index (χ1n) is 6.74. The fourth-order valence-electron chi connectivity index (χ4n) is 2.15. The first kappa shape index (κ1) is 14.5. The Bertz CT molecular complexity index is 309. The van der Waals surface area contributed by atoms with E-state index in [9.17, 15) is 9.90 Å². The Morgan fingerprint density at radius 3 is 2.68 bits per heavy atom. The zero-order valence-corrected chi connectivity index (χ0v) is 11.4. The molecule has 0 saturated carbocycles. The molecular formula is C12H23N3O4. The first-order chi connectivity index (χ1) is 9.06. The van der Waals surface area contributed by atoms with Crippen molar-refractivity contribution in [2.24, 2.45) is 0 Å². The number of amides is 2. The highest BCUT2D eigenvalue weighted by molar-refractivity contribution is 5.74. The van der Waals surface area contributed by atoms with E-state index in [1.54, 1.807) is 0 Å². The summed E-state index contributed by atoms with van der Waals surface area (Å²) in [5.74, 6) is 0. The molecular weight excluding hydrogens is 250 g/mol. The predicted octanol–water partition coefficient (Wildman–Crippen LogP) is -1.19. The topological polar surface area (TPSA) is 91.9 Å². The second kappa shape index (κ2) is 6.51. The summed E-state index contributed by atoms with van der Waals surface area (Å²) in [6.45, 7) is 5.91. The summed E-state index contributed by atoms with van der Waals surface area (Å²) in [5.41, 5.74) is 0. The summed E-state index contributed by atoms with van der Waals surface area (Å²) in [7, 11) is 0. The average molecular weight is 273 g/mol. The average Bonchev–Trinajstić information content (AvgIpc) is 2.61. The highest BCUT2D eigenvalue weighted by atomic mass is 16.5. The summed E-state index contributed by atoms with van der Waals surface area (Å²) in [6.07, 6.45) is -0.976. The van der Waals surface area contributed by atoms with Crippen molar-refractivity contribution in [1.82, 2.24) is 16.0 Å². The number of aliphatic hydroxyl groups is 1. The lowest BCUT2D eigenvalue weighted by atomic mass is 10.1. The smallest absolute Gasteiger partial charge is 0.315 e. The van der Waals surface area contributed by atoms with Crippen LogP contribution in [0.4, 0.5) is 4.79 Å². The van der Waals surface area contributed by atoms with E-state index in [-0.39, 0.29) is 24.2 Å². The van der Waals surface area contributed by atoms with Crippen molar-refractivity contribution >= 4 is 6.03 Å². The highest BCUT2D eigenvalue weighted by Crippen LogP contribution is 2.15. The molecule has 0 aromatic rings. The van der Waals surface area contributed by atoms with Gasteiger partial charge in [0.15, 0.2) is 0 Å². The number of ether oxygens (including phenoxy) is 2. The molecule has 2 heterocycles. The van der Waals surface area contributed by atoms with Crippen molar-refractivity contribution in [3.8, 4) is 0 Å². The fourth-order valence-corrected chi connectivity index (χ4v) is 2.15. The molecule has 2 saturated heterocycles. The van der Waals surface area contributed by atoms with Gasteiger partial charge in [0, 0.05) is 12.6 Å². The molecule has 3 atom stereocenters. The summed E-state index contributed by atoms with van der Waals surface area (Å²) in [4.78, 5) is 11.4. The number of hydrogen-bond acceptors (Lipinski definition) is 5. The molecule has 2 aliphatic rings. The van der Waals surface area contributed by atoms with Crippen LogP contribution in [-0.2, 0) is 9.47 Å². The van der Waals surface area contributed by atoms with Crippen LogP contribution in [0.2, 0.25) is 0 Å². The minimum Gasteiger partial charge on any atom is -0.389 e. The molecule has 2 amide bonds. The molecule has 0 aromatic heterocycles. The van der Waals surface area contributed by atoms with Crippen LogP contribution in [0.25, 0.3) is 0 Å². The number of rotatable bonds is 5. The molecule has 2 rings (SSSR count). The van der Waals surface area contributed by atoms with Crippen molar-refractivity contribution in [3.05, 3.63) is 0 Å². The molecule has 0 aliphatic carbocycles. The summed E-state index contributed by atoms with van der Waals surface area (Å²) in [6, 6.07) is 0.0603. The molecule has 0 bridgehead atoms. The van der Waals surface area contributed by atoms with Crippen LogP contribution < -0.4 is 16.0 Å². The molecule has 2 aliphatic heterocycles. The van der Waals surface area contributed by atoms with Crippen molar-refractivity contribution < 1.29 is 19.4 Å². The van der Waals surface area contributed by atoms with Gasteiger partial charge in [-0.2, -0.15) is 0 Å². The van der Waals surface area contributed by atoms with Gasteiger partial charge in [-0.3, -0.25) is 0 Å². The second-order valence-electron chi connectivity index (χ2n) is 5.38. The normalized spacial score (nSPS) is 31.3. The van der Waals surface area contributed by atoms with Gasteiger partial charge in [-0.15, -0.1) is 0 Å². The SMILES string of the molecule is CC(C)NC(=O)NC[C@H]1OC[C@@H](NC2COC2)[C@@H]1O. The van der Waals surface area contributed by atoms with Gasteiger partial charge in [0.05, 0.1) is 38.0 Å². The van der Waals surface area contributed by atoms with E-state index in [2.05, 4.69) is 16.0 Å². The van der Waals surface area contributed by atoms with Crippen LogP contribution >= 0.6 is 0 Å². The Balaban J connectivity index is 1.68. The molecule has 19 heavy (non-hydrogen) atoms. The molecule has 7 heteroatoms. The Hall–Kier alpha value is -0.890. The monoisotopic (exact) mass is 273 g/mol. The quantitative estimate of drug-likeness (QED) is 0.506. The molecule has 110 valence electrons. The maximum atomic E-state index is 11.4. The van der Waals surface area contributed by atoms with E-state index in [1.165, 1.54) is 0 Å². The molecule has 7 nitrogen and oxygen atoms in total. The first-order valence-corrected chi connectivity index (χ1v) is 6.74. The predicted molar refractivity (Wildman–Crippen MR) is 68.9 cm³/mol. The van der Waals surface area contributed by atoms with Crippen molar-refractivity contribution in [2.45, 2.75) is 44.2 Å². The largest absolute Gasteiger partial charge is 0.389 e. The molecule has 0 radical (unpaired) electrons. The van der Waals surface area contributed by atoms with Crippen molar-refractivity contribution in [3.63, 3.8) is 0 Å². The zero-order chi connectivity index (χ0) is 13.8. The van der Waals surface area contributed by atoms with E-state index >= 15 is 0 Å². The summed E-state index contributed by atoms with van der Waals surface area (Å²) < 4.78 is 10.6. The van der Waals surface area contributed by atoms with Gasteiger partial charge in [0.2, 0.25) is 0 Å². The molecule has 4 N–H and O–H groups in total. The second-order valence-corrected chi connectivity index (χ2v) is 5.38. The lowest BCUT2D eigenvalue weighted by Crippen LogP contribution is -2.55. The van der Waals surface area contributed by atoms with Crippen LogP contribution in [0.1, 0.15) is 13.8 Å². The van der Waals surface area contributed by atoms with Gasteiger partial charge in [-0.1, -0.05) is 0 Å². The minimum atomic E-state index is -0.611. The van der Waals surface area contributed by atoms with Gasteiger partial charge in [-0.25, -0.2) is 4.79 Å². The van der Waals surface area contributed by atoms with E-state index in [4.69, 9.17) is 9.47 Å². The molecule has 0 unspecified atom stereocenters. The summed E-state index contributed by atoms with van der Waals surface area (Å²) in [5, 5.41) is 18.8. The number of hydrogen-bond donors (Lipinski definition) is 4. The third kappa shape index (κ3) is 4.04. The number of urea groups is 1. The van der Waals surface area contributed by atoms with Crippen molar-refractivity contribution in [2.75, 3.05) is 26.4 Å². The van der Waals surface area contributed by atoms with Crippen LogP contribution in [0.3, 0.4) is 0 Å². The number of aliphatic hydroxyl groups excluding tert-OH is 1. The molecule has 0 spiro atoms. The number of nitrogens with one attached hydrogen (secondary N) is 3. The number of carbonyl (C=O) groups is 1. The van der Waals surface area contributed by atoms with E-state index in [1.807, 2.05) is 13.8 Å². The van der Waals surface area contributed by atoms with Crippen LogP contribution in [0.15, 0.2) is 0 Å². The Morgan fingerprint density at radius 2 is 2.11 bits per heavy atom. The van der Waals surface area contributed by atoms with Gasteiger partial charge >= 0.3 is 6.03 Å². The Kier molecular flexibility index (Phi) is 4.98. The van der Waals surface area contributed by atoms with Crippen LogP contribution in [0, 0.1) is 0 Å². The third-order valence-corrected chi connectivity index (χ3v) is 3.25. The van der Waals surface area contributed by atoms with Gasteiger partial charge < -0.3 is 30.5 Å². The lowest BCUT2D eigenvalue weighted by Gasteiger charge is -2.30. The Labute approximate surface area is 113 Å².